The molecule has 0 saturated carbocycles. The Kier molecular flexibility index (Phi) is 2.42. The number of aromatic nitrogens is 2. The first kappa shape index (κ1) is 7.80. The highest BCUT2D eigenvalue weighted by molar-refractivity contribution is 4.77. The average Bonchev–Trinajstić information content (AvgIpc) is 2.59. The standard InChI is InChI=1S/C9H15N3/c1-2-9(6-10-3-1)7-12-5-4-11-8-12/h4-5,8-10H,1-3,6-7H2/t9-/m0/s1. The highest BCUT2D eigenvalue weighted by Crippen LogP contribution is 2.11. The molecule has 1 atom stereocenters. The largest absolute Gasteiger partial charge is 0.337 e. The summed E-state index contributed by atoms with van der Waals surface area (Å²) in [6, 6.07) is 0. The smallest absolute Gasteiger partial charge is 0.0946 e. The Hall–Kier alpha value is -0.830. The van der Waals surface area contributed by atoms with Gasteiger partial charge in [0.05, 0.1) is 6.33 Å². The Labute approximate surface area is 72.8 Å². The van der Waals surface area contributed by atoms with Gasteiger partial charge in [-0.3, -0.25) is 0 Å². The minimum absolute atomic E-state index is 0.799. The maximum Gasteiger partial charge on any atom is 0.0946 e. The third kappa shape index (κ3) is 1.85. The van der Waals surface area contributed by atoms with Crippen LogP contribution in [0.2, 0.25) is 0 Å². The number of imidazole rings is 1. The fourth-order valence-electron chi connectivity index (χ4n) is 1.77. The van der Waals surface area contributed by atoms with Crippen LogP contribution in [-0.2, 0) is 6.54 Å². The molecule has 3 heteroatoms. The van der Waals surface area contributed by atoms with Gasteiger partial charge in [0.25, 0.3) is 0 Å². The van der Waals surface area contributed by atoms with Crippen LogP contribution in [0.15, 0.2) is 18.7 Å². The quantitative estimate of drug-likeness (QED) is 0.705. The molecular formula is C9H15N3. The molecule has 0 amide bonds. The monoisotopic (exact) mass is 165 g/mol. The Morgan fingerprint density at radius 2 is 2.58 bits per heavy atom. The lowest BCUT2D eigenvalue weighted by Gasteiger charge is -2.22. The van der Waals surface area contributed by atoms with E-state index < -0.39 is 0 Å². The van der Waals surface area contributed by atoms with E-state index in [0.717, 1.165) is 19.0 Å². The summed E-state index contributed by atoms with van der Waals surface area (Å²) in [5.74, 6) is 0.799. The topological polar surface area (TPSA) is 29.9 Å². The lowest BCUT2D eigenvalue weighted by molar-refractivity contribution is 0.337. The van der Waals surface area contributed by atoms with Gasteiger partial charge in [-0.25, -0.2) is 4.98 Å². The van der Waals surface area contributed by atoms with E-state index in [4.69, 9.17) is 0 Å². The maximum atomic E-state index is 4.03. The normalized spacial score (nSPS) is 24.2. The molecule has 1 N–H and O–H groups in total. The number of rotatable bonds is 2. The van der Waals surface area contributed by atoms with Gasteiger partial charge in [0.2, 0.25) is 0 Å². The molecule has 2 rings (SSSR count). The van der Waals surface area contributed by atoms with E-state index in [1.807, 2.05) is 18.7 Å². The summed E-state index contributed by atoms with van der Waals surface area (Å²) >= 11 is 0. The number of hydrogen-bond acceptors (Lipinski definition) is 2. The zero-order chi connectivity index (χ0) is 8.23. The highest BCUT2D eigenvalue weighted by Gasteiger charge is 2.12. The van der Waals surface area contributed by atoms with Gasteiger partial charge in [-0.2, -0.15) is 0 Å². The second-order valence-corrected chi connectivity index (χ2v) is 3.47. The van der Waals surface area contributed by atoms with Crippen molar-refractivity contribution in [2.45, 2.75) is 19.4 Å². The molecule has 0 aliphatic carbocycles. The van der Waals surface area contributed by atoms with Crippen LogP contribution in [0.25, 0.3) is 0 Å². The molecule has 0 unspecified atom stereocenters. The molecular weight excluding hydrogens is 150 g/mol. The Bertz CT molecular complexity index is 212. The third-order valence-electron chi connectivity index (χ3n) is 2.43. The van der Waals surface area contributed by atoms with Crippen LogP contribution in [-0.4, -0.2) is 22.6 Å². The van der Waals surface area contributed by atoms with Crippen molar-refractivity contribution < 1.29 is 0 Å². The van der Waals surface area contributed by atoms with Crippen molar-refractivity contribution in [3.05, 3.63) is 18.7 Å². The van der Waals surface area contributed by atoms with E-state index in [-0.39, 0.29) is 0 Å². The van der Waals surface area contributed by atoms with Crippen LogP contribution >= 0.6 is 0 Å². The van der Waals surface area contributed by atoms with Crippen LogP contribution in [0, 0.1) is 5.92 Å². The second kappa shape index (κ2) is 3.72. The van der Waals surface area contributed by atoms with Gasteiger partial charge >= 0.3 is 0 Å². The van der Waals surface area contributed by atoms with Crippen LogP contribution < -0.4 is 5.32 Å². The summed E-state index contributed by atoms with van der Waals surface area (Å²) in [4.78, 5) is 4.03. The minimum Gasteiger partial charge on any atom is -0.337 e. The minimum atomic E-state index is 0.799. The van der Waals surface area contributed by atoms with E-state index in [1.54, 1.807) is 0 Å². The first-order valence-electron chi connectivity index (χ1n) is 4.61. The fourth-order valence-corrected chi connectivity index (χ4v) is 1.77. The maximum absolute atomic E-state index is 4.03. The summed E-state index contributed by atoms with van der Waals surface area (Å²) in [6.45, 7) is 3.48. The lowest BCUT2D eigenvalue weighted by Crippen LogP contribution is -2.31. The first-order chi connectivity index (χ1) is 5.95. The molecule has 3 nitrogen and oxygen atoms in total. The number of piperidine rings is 1. The number of nitrogens with zero attached hydrogens (tertiary/aromatic N) is 2. The molecule has 0 spiro atoms. The zero-order valence-corrected chi connectivity index (χ0v) is 7.24. The zero-order valence-electron chi connectivity index (χ0n) is 7.24. The third-order valence-corrected chi connectivity index (χ3v) is 2.43. The Balaban J connectivity index is 1.86. The van der Waals surface area contributed by atoms with Gasteiger partial charge < -0.3 is 9.88 Å². The molecule has 66 valence electrons. The Morgan fingerprint density at radius 1 is 1.58 bits per heavy atom. The fraction of sp³-hybridized carbons (Fsp3) is 0.667. The predicted octanol–water partition coefficient (Wildman–Crippen LogP) is 0.883. The summed E-state index contributed by atoms with van der Waals surface area (Å²) in [5, 5.41) is 3.41. The molecule has 2 heterocycles. The van der Waals surface area contributed by atoms with E-state index in [1.165, 1.54) is 19.4 Å². The lowest BCUT2D eigenvalue weighted by atomic mass is 10.00. The predicted molar refractivity (Wildman–Crippen MR) is 47.8 cm³/mol. The first-order valence-corrected chi connectivity index (χ1v) is 4.61. The second-order valence-electron chi connectivity index (χ2n) is 3.47. The van der Waals surface area contributed by atoms with Crippen molar-refractivity contribution in [3.63, 3.8) is 0 Å². The molecule has 1 aliphatic heterocycles. The summed E-state index contributed by atoms with van der Waals surface area (Å²) < 4.78 is 2.16. The van der Waals surface area contributed by atoms with Crippen LogP contribution in [0.1, 0.15) is 12.8 Å². The van der Waals surface area contributed by atoms with Crippen LogP contribution in [0.5, 0.6) is 0 Å². The average molecular weight is 165 g/mol. The van der Waals surface area contributed by atoms with Crippen LogP contribution in [0.4, 0.5) is 0 Å². The van der Waals surface area contributed by atoms with Crippen molar-refractivity contribution in [1.29, 1.82) is 0 Å². The van der Waals surface area contributed by atoms with Crippen molar-refractivity contribution in [3.8, 4) is 0 Å². The van der Waals surface area contributed by atoms with Crippen molar-refractivity contribution in [2.75, 3.05) is 13.1 Å². The molecule has 0 aromatic carbocycles. The van der Waals surface area contributed by atoms with Gasteiger partial charge in [-0.05, 0) is 31.8 Å². The molecule has 12 heavy (non-hydrogen) atoms. The van der Waals surface area contributed by atoms with Gasteiger partial charge in [0, 0.05) is 18.9 Å². The van der Waals surface area contributed by atoms with Crippen molar-refractivity contribution in [1.82, 2.24) is 14.9 Å². The highest BCUT2D eigenvalue weighted by atomic mass is 15.0. The molecule has 0 radical (unpaired) electrons. The van der Waals surface area contributed by atoms with E-state index in [9.17, 15) is 0 Å². The summed E-state index contributed by atoms with van der Waals surface area (Å²) in [7, 11) is 0. The van der Waals surface area contributed by atoms with Gasteiger partial charge in [0.1, 0.15) is 0 Å². The van der Waals surface area contributed by atoms with Gasteiger partial charge in [-0.1, -0.05) is 0 Å². The molecule has 1 aliphatic rings. The van der Waals surface area contributed by atoms with Crippen molar-refractivity contribution >= 4 is 0 Å². The van der Waals surface area contributed by atoms with Gasteiger partial charge in [0.15, 0.2) is 0 Å². The molecule has 1 aromatic rings. The van der Waals surface area contributed by atoms with Crippen LogP contribution in [0.3, 0.4) is 0 Å². The molecule has 0 bridgehead atoms. The van der Waals surface area contributed by atoms with Crippen molar-refractivity contribution in [2.24, 2.45) is 5.92 Å². The summed E-state index contributed by atoms with van der Waals surface area (Å²) in [6.07, 6.45) is 8.45. The van der Waals surface area contributed by atoms with Gasteiger partial charge in [-0.15, -0.1) is 0 Å². The SMILES string of the molecule is c1cn(C[C@H]2CCCNC2)cn1. The molecule has 1 saturated heterocycles. The Morgan fingerprint density at radius 3 is 3.25 bits per heavy atom. The number of hydrogen-bond donors (Lipinski definition) is 1. The summed E-state index contributed by atoms with van der Waals surface area (Å²) in [5.41, 5.74) is 0. The number of nitrogens with one attached hydrogen (secondary N) is 1. The van der Waals surface area contributed by atoms with E-state index in [2.05, 4.69) is 14.9 Å². The van der Waals surface area contributed by atoms with E-state index in [0.29, 0.717) is 0 Å². The molecule has 1 fully saturated rings. The molecule has 1 aromatic heterocycles. The van der Waals surface area contributed by atoms with E-state index >= 15 is 0 Å².